The van der Waals surface area contributed by atoms with Crippen molar-refractivity contribution in [1.82, 2.24) is 10.9 Å². The molecule has 0 radical (unpaired) electrons. The first-order valence-electron chi connectivity index (χ1n) is 6.59. The number of hydrogen-bond acceptors (Lipinski definition) is 4. The van der Waals surface area contributed by atoms with Crippen LogP contribution in [0.15, 0.2) is 29.2 Å². The van der Waals surface area contributed by atoms with E-state index in [9.17, 15) is 4.79 Å². The lowest BCUT2D eigenvalue weighted by atomic mass is 9.96. The molecule has 2 atom stereocenters. The summed E-state index contributed by atoms with van der Waals surface area (Å²) < 4.78 is 5.38. The second kappa shape index (κ2) is 6.81. The van der Waals surface area contributed by atoms with Crippen molar-refractivity contribution in [3.63, 3.8) is 0 Å². The summed E-state index contributed by atoms with van der Waals surface area (Å²) in [6.45, 7) is 2.07. The predicted octanol–water partition coefficient (Wildman–Crippen LogP) is 2.46. The molecule has 1 aliphatic rings. The number of carbonyl (C=O) groups is 1. The minimum absolute atomic E-state index is 0.0494. The number of amides is 1. The molecule has 1 saturated heterocycles. The first-order valence-corrected chi connectivity index (χ1v) is 7.81. The lowest BCUT2D eigenvalue weighted by Gasteiger charge is -2.27. The van der Waals surface area contributed by atoms with Gasteiger partial charge < -0.3 is 4.74 Å². The Kier molecular flexibility index (Phi) is 5.09. The van der Waals surface area contributed by atoms with E-state index in [2.05, 4.69) is 36.0 Å². The Morgan fingerprint density at radius 3 is 2.90 bits per heavy atom. The standard InChI is InChI=1S/C15H20N2O2S/c1-10-9-14(18)17-16-12(10)8-7-11-5-4-6-13(19-2)15(11)20-3/h4-8,10,12,16H,9H2,1-3H3,(H,17,18)/b8-7+. The highest BCUT2D eigenvalue weighted by Gasteiger charge is 2.23. The van der Waals surface area contributed by atoms with Gasteiger partial charge in [-0.2, -0.15) is 0 Å². The van der Waals surface area contributed by atoms with Gasteiger partial charge in [0.2, 0.25) is 5.91 Å². The topological polar surface area (TPSA) is 50.4 Å². The van der Waals surface area contributed by atoms with Crippen LogP contribution in [0.5, 0.6) is 5.75 Å². The maximum absolute atomic E-state index is 11.3. The molecule has 0 saturated carbocycles. The van der Waals surface area contributed by atoms with Gasteiger partial charge in [0.05, 0.1) is 12.0 Å². The summed E-state index contributed by atoms with van der Waals surface area (Å²) in [5, 5.41) is 0. The summed E-state index contributed by atoms with van der Waals surface area (Å²) in [5.41, 5.74) is 6.84. The normalized spacial score (nSPS) is 22.9. The van der Waals surface area contributed by atoms with E-state index in [0.29, 0.717) is 6.42 Å². The van der Waals surface area contributed by atoms with Crippen LogP contribution in [0.4, 0.5) is 0 Å². The van der Waals surface area contributed by atoms with Crippen LogP contribution in [0.2, 0.25) is 0 Å². The summed E-state index contributed by atoms with van der Waals surface area (Å²) in [6.07, 6.45) is 6.77. The van der Waals surface area contributed by atoms with E-state index in [1.54, 1.807) is 18.9 Å². The Bertz CT molecular complexity index is 517. The molecule has 0 aromatic heterocycles. The van der Waals surface area contributed by atoms with Crippen molar-refractivity contribution in [2.75, 3.05) is 13.4 Å². The van der Waals surface area contributed by atoms with E-state index in [1.807, 2.05) is 18.4 Å². The van der Waals surface area contributed by atoms with Crippen LogP contribution in [-0.2, 0) is 4.79 Å². The van der Waals surface area contributed by atoms with Crippen LogP contribution >= 0.6 is 11.8 Å². The molecule has 0 spiro atoms. The Hall–Kier alpha value is -1.46. The lowest BCUT2D eigenvalue weighted by Crippen LogP contribution is -2.52. The summed E-state index contributed by atoms with van der Waals surface area (Å²) in [7, 11) is 1.68. The summed E-state index contributed by atoms with van der Waals surface area (Å²) >= 11 is 1.67. The SMILES string of the molecule is COc1cccc(/C=C/C2NNC(=O)CC2C)c1SC. The maximum Gasteiger partial charge on any atom is 0.234 e. The molecule has 2 unspecified atom stereocenters. The van der Waals surface area contributed by atoms with Gasteiger partial charge >= 0.3 is 0 Å². The van der Waals surface area contributed by atoms with Gasteiger partial charge in [0.1, 0.15) is 5.75 Å². The van der Waals surface area contributed by atoms with Crippen LogP contribution in [-0.4, -0.2) is 25.3 Å². The highest BCUT2D eigenvalue weighted by Crippen LogP contribution is 2.32. The quantitative estimate of drug-likeness (QED) is 0.837. The number of thioether (sulfide) groups is 1. The zero-order valence-corrected chi connectivity index (χ0v) is 12.8. The second-order valence-corrected chi connectivity index (χ2v) is 5.66. The monoisotopic (exact) mass is 292 g/mol. The average Bonchev–Trinajstić information content (AvgIpc) is 2.45. The molecule has 1 fully saturated rings. The third-order valence-electron chi connectivity index (χ3n) is 3.42. The first kappa shape index (κ1) is 14.9. The van der Waals surface area contributed by atoms with Gasteiger partial charge in [0.25, 0.3) is 0 Å². The third-order valence-corrected chi connectivity index (χ3v) is 4.26. The molecule has 1 aromatic rings. The van der Waals surface area contributed by atoms with Crippen LogP contribution in [0.1, 0.15) is 18.9 Å². The Morgan fingerprint density at radius 2 is 2.25 bits per heavy atom. The van der Waals surface area contributed by atoms with Gasteiger partial charge in [0.15, 0.2) is 0 Å². The van der Waals surface area contributed by atoms with E-state index in [-0.39, 0.29) is 17.9 Å². The van der Waals surface area contributed by atoms with Gasteiger partial charge in [0, 0.05) is 12.5 Å². The molecule has 1 heterocycles. The predicted molar refractivity (Wildman–Crippen MR) is 82.7 cm³/mol. The zero-order chi connectivity index (χ0) is 14.5. The molecule has 108 valence electrons. The van der Waals surface area contributed by atoms with E-state index >= 15 is 0 Å². The molecule has 0 aliphatic carbocycles. The zero-order valence-electron chi connectivity index (χ0n) is 12.0. The summed E-state index contributed by atoms with van der Waals surface area (Å²) in [4.78, 5) is 12.4. The maximum atomic E-state index is 11.3. The minimum atomic E-state index is 0.0494. The molecule has 20 heavy (non-hydrogen) atoms. The van der Waals surface area contributed by atoms with Gasteiger partial charge in [-0.3, -0.25) is 10.2 Å². The number of benzene rings is 1. The fraction of sp³-hybridized carbons (Fsp3) is 0.400. The Balaban J connectivity index is 2.17. The van der Waals surface area contributed by atoms with E-state index < -0.39 is 0 Å². The van der Waals surface area contributed by atoms with Crippen molar-refractivity contribution in [2.24, 2.45) is 5.92 Å². The third kappa shape index (κ3) is 3.35. The van der Waals surface area contributed by atoms with Crippen molar-refractivity contribution in [3.8, 4) is 5.75 Å². The van der Waals surface area contributed by atoms with E-state index in [1.165, 1.54) is 0 Å². The number of nitrogens with one attached hydrogen (secondary N) is 2. The fourth-order valence-corrected chi connectivity index (χ4v) is 2.99. The van der Waals surface area contributed by atoms with Crippen molar-refractivity contribution in [2.45, 2.75) is 24.3 Å². The van der Waals surface area contributed by atoms with Gasteiger partial charge in [-0.15, -0.1) is 11.8 Å². The van der Waals surface area contributed by atoms with Gasteiger partial charge in [-0.25, -0.2) is 5.43 Å². The molecule has 2 N–H and O–H groups in total. The van der Waals surface area contributed by atoms with Crippen molar-refractivity contribution in [1.29, 1.82) is 0 Å². The Morgan fingerprint density at radius 1 is 1.45 bits per heavy atom. The number of ether oxygens (including phenoxy) is 1. The molecule has 4 nitrogen and oxygen atoms in total. The number of carbonyl (C=O) groups excluding carboxylic acids is 1. The highest BCUT2D eigenvalue weighted by atomic mass is 32.2. The molecular weight excluding hydrogens is 272 g/mol. The largest absolute Gasteiger partial charge is 0.496 e. The number of hydrazine groups is 1. The first-order chi connectivity index (χ1) is 9.65. The Labute approximate surface area is 123 Å². The van der Waals surface area contributed by atoms with Gasteiger partial charge in [-0.05, 0) is 23.8 Å². The molecular formula is C15H20N2O2S. The van der Waals surface area contributed by atoms with Crippen molar-refractivity contribution >= 4 is 23.7 Å². The second-order valence-electron chi connectivity index (χ2n) is 4.84. The summed E-state index contributed by atoms with van der Waals surface area (Å²) in [5.74, 6) is 1.22. The molecule has 0 bridgehead atoms. The number of methoxy groups -OCH3 is 1. The smallest absolute Gasteiger partial charge is 0.234 e. The van der Waals surface area contributed by atoms with Crippen LogP contribution in [0, 0.1) is 5.92 Å². The minimum Gasteiger partial charge on any atom is -0.496 e. The van der Waals surface area contributed by atoms with Crippen LogP contribution in [0.3, 0.4) is 0 Å². The van der Waals surface area contributed by atoms with E-state index in [4.69, 9.17) is 4.74 Å². The fourth-order valence-electron chi connectivity index (χ4n) is 2.26. The number of hydrogen-bond donors (Lipinski definition) is 2. The van der Waals surface area contributed by atoms with Crippen molar-refractivity contribution in [3.05, 3.63) is 29.8 Å². The number of rotatable bonds is 4. The van der Waals surface area contributed by atoms with Crippen LogP contribution < -0.4 is 15.6 Å². The van der Waals surface area contributed by atoms with Crippen molar-refractivity contribution < 1.29 is 9.53 Å². The van der Waals surface area contributed by atoms with Crippen LogP contribution in [0.25, 0.3) is 6.08 Å². The lowest BCUT2D eigenvalue weighted by molar-refractivity contribution is -0.125. The highest BCUT2D eigenvalue weighted by molar-refractivity contribution is 7.98. The van der Waals surface area contributed by atoms with Gasteiger partial charge in [-0.1, -0.05) is 31.2 Å². The molecule has 1 aromatic carbocycles. The molecule has 1 aliphatic heterocycles. The van der Waals surface area contributed by atoms with E-state index in [0.717, 1.165) is 16.2 Å². The molecule has 1 amide bonds. The summed E-state index contributed by atoms with van der Waals surface area (Å²) in [6, 6.07) is 6.16. The molecule has 2 rings (SSSR count). The average molecular weight is 292 g/mol. The molecule has 5 heteroatoms.